The van der Waals surface area contributed by atoms with Gasteiger partial charge in [0.05, 0.1) is 17.1 Å². The number of amidine groups is 1. The van der Waals surface area contributed by atoms with E-state index in [1.165, 1.54) is 47.0 Å². The summed E-state index contributed by atoms with van der Waals surface area (Å²) in [6.07, 6.45) is -3.16. The zero-order chi connectivity index (χ0) is 30.9. The summed E-state index contributed by atoms with van der Waals surface area (Å²) in [7, 11) is 0. The molecule has 1 aliphatic rings. The smallest absolute Gasteiger partial charge is 0.406 e. The number of alkyl halides is 3. The first-order valence-electron chi connectivity index (χ1n) is 13.3. The molecule has 0 spiro atoms. The maximum Gasteiger partial charge on any atom is 0.573 e. The Morgan fingerprint density at radius 1 is 1.00 bits per heavy atom. The first kappa shape index (κ1) is 30.0. The van der Waals surface area contributed by atoms with E-state index in [4.69, 9.17) is 0 Å². The van der Waals surface area contributed by atoms with Gasteiger partial charge in [0.1, 0.15) is 12.1 Å². The molecule has 43 heavy (non-hydrogen) atoms. The lowest BCUT2D eigenvalue weighted by Gasteiger charge is -2.24. The normalized spacial score (nSPS) is 14.9. The van der Waals surface area contributed by atoms with E-state index in [1.807, 2.05) is 70.2 Å². The third-order valence-electron chi connectivity index (χ3n) is 6.99. The maximum atomic E-state index is 13.1. The lowest BCUT2D eigenvalue weighted by Crippen LogP contribution is -2.31. The number of aromatic nitrogens is 3. The number of benzene rings is 3. The number of amides is 2. The predicted molar refractivity (Wildman–Crippen MR) is 159 cm³/mol. The van der Waals surface area contributed by atoms with Crippen LogP contribution < -0.4 is 9.64 Å². The molecule has 0 N–H and O–H groups in total. The van der Waals surface area contributed by atoms with Gasteiger partial charge in [0.2, 0.25) is 11.8 Å². The molecule has 0 atom stereocenters. The van der Waals surface area contributed by atoms with Crippen LogP contribution in [-0.4, -0.2) is 43.9 Å². The van der Waals surface area contributed by atoms with Crippen LogP contribution in [0.3, 0.4) is 0 Å². The fourth-order valence-corrected chi connectivity index (χ4v) is 5.71. The highest BCUT2D eigenvalue weighted by atomic mass is 32.2. The van der Waals surface area contributed by atoms with Crippen molar-refractivity contribution in [2.75, 3.05) is 10.7 Å². The van der Waals surface area contributed by atoms with Gasteiger partial charge in [-0.3, -0.25) is 14.5 Å². The first-order valence-corrected chi connectivity index (χ1v) is 14.3. The molecule has 0 unspecified atom stereocenters. The summed E-state index contributed by atoms with van der Waals surface area (Å²) in [6, 6.07) is 18.6. The predicted octanol–water partition coefficient (Wildman–Crippen LogP) is 6.78. The Balaban J connectivity index is 1.28. The van der Waals surface area contributed by atoms with E-state index < -0.39 is 11.8 Å². The lowest BCUT2D eigenvalue weighted by molar-refractivity contribution is -0.274. The van der Waals surface area contributed by atoms with Crippen molar-refractivity contribution in [3.05, 3.63) is 89.7 Å². The Hall–Kier alpha value is -4.45. The zero-order valence-corrected chi connectivity index (χ0v) is 24.7. The number of rotatable bonds is 7. The molecule has 0 aliphatic carbocycles. The highest BCUT2D eigenvalue weighted by Crippen LogP contribution is 2.34. The number of para-hydroxylation sites is 1. The monoisotopic (exact) mass is 607 g/mol. The number of nitrogens with zero attached hydrogens (tertiary/aromatic N) is 5. The number of carbonyl (C=O) groups is 2. The lowest BCUT2D eigenvalue weighted by atomic mass is 9.81. The standard InChI is InChI=1S/C31H28F3N5O3S/c1-19-6-5-7-20(2)27(19)39-26(41)17-43-29(39)36-25(40)16-30(3,4)22-10-8-21(9-11-22)28-35-18-38(37-28)23-12-14-24(15-13-23)42-31(32,33)34/h5-15,18H,16-17H2,1-4H3. The number of hydrogen-bond acceptors (Lipinski definition) is 6. The maximum absolute atomic E-state index is 13.1. The molecule has 1 aliphatic heterocycles. The van der Waals surface area contributed by atoms with Crippen molar-refractivity contribution in [1.82, 2.24) is 14.8 Å². The van der Waals surface area contributed by atoms with Crippen LogP contribution >= 0.6 is 11.8 Å². The minimum atomic E-state index is -4.76. The van der Waals surface area contributed by atoms with Crippen LogP contribution in [0.25, 0.3) is 17.1 Å². The molecule has 1 saturated heterocycles. The number of ether oxygens (including phenoxy) is 1. The third kappa shape index (κ3) is 6.80. The Morgan fingerprint density at radius 3 is 2.28 bits per heavy atom. The van der Waals surface area contributed by atoms with Gasteiger partial charge in [-0.25, -0.2) is 9.67 Å². The second kappa shape index (κ2) is 11.7. The van der Waals surface area contributed by atoms with Gasteiger partial charge in [0.25, 0.3) is 0 Å². The number of carbonyl (C=O) groups excluding carboxylic acids is 2. The minimum absolute atomic E-state index is 0.104. The van der Waals surface area contributed by atoms with Gasteiger partial charge < -0.3 is 4.74 Å². The third-order valence-corrected chi connectivity index (χ3v) is 7.92. The number of thioether (sulfide) groups is 1. The zero-order valence-electron chi connectivity index (χ0n) is 23.8. The van der Waals surface area contributed by atoms with E-state index >= 15 is 0 Å². The first-order chi connectivity index (χ1) is 20.3. The summed E-state index contributed by atoms with van der Waals surface area (Å²) in [5, 5.41) is 4.83. The van der Waals surface area contributed by atoms with Crippen molar-refractivity contribution in [3.8, 4) is 22.8 Å². The van der Waals surface area contributed by atoms with Gasteiger partial charge in [-0.15, -0.1) is 18.3 Å². The fraction of sp³-hybridized carbons (Fsp3) is 0.258. The van der Waals surface area contributed by atoms with E-state index in [0.29, 0.717) is 16.7 Å². The van der Waals surface area contributed by atoms with Gasteiger partial charge in [0, 0.05) is 12.0 Å². The average Bonchev–Trinajstić information content (AvgIpc) is 3.56. The van der Waals surface area contributed by atoms with Crippen molar-refractivity contribution in [1.29, 1.82) is 0 Å². The molecular formula is C31H28F3N5O3S. The molecule has 2 amide bonds. The van der Waals surface area contributed by atoms with Crippen LogP contribution in [0.5, 0.6) is 5.75 Å². The van der Waals surface area contributed by atoms with Crippen molar-refractivity contribution < 1.29 is 27.5 Å². The second-order valence-corrected chi connectivity index (χ2v) is 11.7. The van der Waals surface area contributed by atoms with Gasteiger partial charge >= 0.3 is 6.36 Å². The molecule has 12 heteroatoms. The van der Waals surface area contributed by atoms with E-state index in [0.717, 1.165) is 27.9 Å². The summed E-state index contributed by atoms with van der Waals surface area (Å²) >= 11 is 1.26. The van der Waals surface area contributed by atoms with Gasteiger partial charge in [0.15, 0.2) is 11.0 Å². The molecule has 5 rings (SSSR count). The molecule has 222 valence electrons. The fourth-order valence-electron chi connectivity index (χ4n) is 4.84. The Bertz CT molecular complexity index is 1680. The molecule has 0 saturated carbocycles. The minimum Gasteiger partial charge on any atom is -0.406 e. The van der Waals surface area contributed by atoms with Crippen molar-refractivity contribution in [3.63, 3.8) is 0 Å². The summed E-state index contributed by atoms with van der Waals surface area (Å²) in [5.74, 6) is -0.0977. The summed E-state index contributed by atoms with van der Waals surface area (Å²) in [5.41, 5.74) is 4.24. The number of halogens is 3. The van der Waals surface area contributed by atoms with Gasteiger partial charge in [-0.05, 0) is 60.2 Å². The number of hydrogen-bond donors (Lipinski definition) is 0. The average molecular weight is 608 g/mol. The Kier molecular flexibility index (Phi) is 8.15. The molecule has 4 aromatic rings. The Morgan fingerprint density at radius 2 is 1.65 bits per heavy atom. The van der Waals surface area contributed by atoms with E-state index in [-0.39, 0.29) is 29.7 Å². The quantitative estimate of drug-likeness (QED) is 0.230. The van der Waals surface area contributed by atoms with Gasteiger partial charge in [-0.2, -0.15) is 4.99 Å². The summed E-state index contributed by atoms with van der Waals surface area (Å²) in [6.45, 7) is 7.77. The highest BCUT2D eigenvalue weighted by Gasteiger charge is 2.33. The summed E-state index contributed by atoms with van der Waals surface area (Å²) < 4.78 is 42.6. The largest absolute Gasteiger partial charge is 0.573 e. The van der Waals surface area contributed by atoms with Crippen LogP contribution in [0.1, 0.15) is 37.0 Å². The van der Waals surface area contributed by atoms with E-state index in [2.05, 4.69) is 19.8 Å². The summed E-state index contributed by atoms with van der Waals surface area (Å²) in [4.78, 5) is 36.1. The van der Waals surface area contributed by atoms with E-state index in [1.54, 1.807) is 4.90 Å². The van der Waals surface area contributed by atoms with Crippen LogP contribution in [-0.2, 0) is 15.0 Å². The molecular weight excluding hydrogens is 579 g/mol. The Labute approximate surface area is 250 Å². The van der Waals surface area contributed by atoms with Crippen molar-refractivity contribution in [2.24, 2.45) is 4.99 Å². The molecule has 8 nitrogen and oxygen atoms in total. The number of aliphatic imine (C=N–C) groups is 1. The van der Waals surface area contributed by atoms with Crippen LogP contribution in [0.2, 0.25) is 0 Å². The van der Waals surface area contributed by atoms with Crippen molar-refractivity contribution >= 4 is 34.4 Å². The van der Waals surface area contributed by atoms with Crippen LogP contribution in [0.4, 0.5) is 18.9 Å². The number of anilines is 1. The molecule has 2 heterocycles. The van der Waals surface area contributed by atoms with E-state index in [9.17, 15) is 22.8 Å². The SMILES string of the molecule is Cc1cccc(C)c1N1C(=O)CSC1=NC(=O)CC(C)(C)c1ccc(-c2ncn(-c3ccc(OC(F)(F)F)cc3)n2)cc1. The van der Waals surface area contributed by atoms with Crippen molar-refractivity contribution in [2.45, 2.75) is 45.9 Å². The molecule has 3 aromatic carbocycles. The van der Waals surface area contributed by atoms with Gasteiger partial charge in [-0.1, -0.05) is 68.1 Å². The van der Waals surface area contributed by atoms with Crippen LogP contribution in [0.15, 0.2) is 78.0 Å². The second-order valence-electron chi connectivity index (χ2n) is 10.7. The molecule has 0 radical (unpaired) electrons. The highest BCUT2D eigenvalue weighted by molar-refractivity contribution is 8.15. The molecule has 1 aromatic heterocycles. The molecule has 1 fully saturated rings. The van der Waals surface area contributed by atoms with Crippen LogP contribution in [0, 0.1) is 13.8 Å². The topological polar surface area (TPSA) is 89.7 Å². The number of aryl methyl sites for hydroxylation is 2. The molecule has 0 bridgehead atoms.